The maximum absolute atomic E-state index is 6.60. The summed E-state index contributed by atoms with van der Waals surface area (Å²) in [5.74, 6) is 0. The second-order valence-electron chi connectivity index (χ2n) is 12.8. The summed E-state index contributed by atoms with van der Waals surface area (Å²) in [5.41, 5.74) is 8.29. The fourth-order valence-corrected chi connectivity index (χ4v) is 8.11. The molecule has 9 aromatic carbocycles. The second-order valence-corrected chi connectivity index (χ2v) is 12.8. The molecule has 2 heteroatoms. The second kappa shape index (κ2) is 9.57. The van der Waals surface area contributed by atoms with Crippen molar-refractivity contribution in [3.63, 3.8) is 0 Å². The van der Waals surface area contributed by atoms with Crippen LogP contribution in [0.1, 0.15) is 0 Å². The predicted molar refractivity (Wildman–Crippen MR) is 202 cm³/mol. The zero-order valence-corrected chi connectivity index (χ0v) is 25.8. The summed E-state index contributed by atoms with van der Waals surface area (Å²) in [7, 11) is 0. The quantitative estimate of drug-likeness (QED) is 0.182. The van der Waals surface area contributed by atoms with E-state index in [0.717, 1.165) is 49.4 Å². The van der Waals surface area contributed by atoms with Gasteiger partial charge in [-0.2, -0.15) is 0 Å². The van der Waals surface area contributed by atoms with Crippen LogP contribution >= 0.6 is 0 Å². The molecule has 0 bridgehead atoms. The fraction of sp³-hybridized carbons (Fsp3) is 0. The third kappa shape index (κ3) is 3.52. The summed E-state index contributed by atoms with van der Waals surface area (Å²) in [4.78, 5) is 0. The Kier molecular flexibility index (Phi) is 5.14. The molecule has 2 nitrogen and oxygen atoms in total. The molecule has 222 valence electrons. The van der Waals surface area contributed by atoms with Gasteiger partial charge in [0.25, 0.3) is 0 Å². The number of rotatable bonds is 2. The molecule has 0 unspecified atom stereocenters. The lowest BCUT2D eigenvalue weighted by Crippen LogP contribution is -1.91. The van der Waals surface area contributed by atoms with Gasteiger partial charge >= 0.3 is 0 Å². The predicted octanol–water partition coefficient (Wildman–Crippen LogP) is 13.4. The Balaban J connectivity index is 1.17. The minimum absolute atomic E-state index is 0.833. The lowest BCUT2D eigenvalue weighted by Gasteiger charge is -2.18. The van der Waals surface area contributed by atoms with E-state index in [9.17, 15) is 0 Å². The van der Waals surface area contributed by atoms with E-state index in [2.05, 4.69) is 158 Å². The van der Waals surface area contributed by atoms with Crippen molar-refractivity contribution in [1.82, 2.24) is 0 Å². The van der Waals surface area contributed by atoms with Gasteiger partial charge in [-0.1, -0.05) is 121 Å². The Morgan fingerprint density at radius 3 is 1.54 bits per heavy atom. The summed E-state index contributed by atoms with van der Waals surface area (Å²) in [5, 5.41) is 14.2. The van der Waals surface area contributed by atoms with Crippen molar-refractivity contribution in [2.24, 2.45) is 0 Å². The van der Waals surface area contributed by atoms with Crippen LogP contribution in [0.15, 0.2) is 167 Å². The molecule has 0 aliphatic heterocycles. The Hall–Kier alpha value is -6.38. The van der Waals surface area contributed by atoms with E-state index in [1.807, 2.05) is 0 Å². The average Bonchev–Trinajstić information content (AvgIpc) is 3.71. The van der Waals surface area contributed by atoms with Crippen LogP contribution in [0.5, 0.6) is 0 Å². The summed E-state index contributed by atoms with van der Waals surface area (Å²) in [6, 6.07) is 56.7. The van der Waals surface area contributed by atoms with E-state index in [-0.39, 0.29) is 0 Å². The highest BCUT2D eigenvalue weighted by Crippen LogP contribution is 2.46. The highest BCUT2D eigenvalue weighted by atomic mass is 16.3. The van der Waals surface area contributed by atoms with Gasteiger partial charge < -0.3 is 8.83 Å². The van der Waals surface area contributed by atoms with Gasteiger partial charge in [0.2, 0.25) is 0 Å². The van der Waals surface area contributed by atoms with Gasteiger partial charge in [-0.05, 0) is 102 Å². The standard InChI is InChI=1S/C46H26O2/c1-2-11-29-25-30(18-17-27(29)9-1)42-33-13-5-7-15-35(33)43(36-16-8-6-14-34(36)42)31-19-21-37-41(26-31)47-40-24-22-38-44-32-12-4-3-10-28(32)20-23-39(44)48-46(38)45(37)40/h1-26H. The summed E-state index contributed by atoms with van der Waals surface area (Å²) in [6.45, 7) is 0. The SMILES string of the molecule is c1ccc2cc(-c3c4ccccc4c(-c4ccc5c(c4)oc4ccc6c(oc7ccc8ccccc8c76)c45)c4ccccc34)ccc2c1. The third-order valence-electron chi connectivity index (χ3n) is 10.2. The van der Waals surface area contributed by atoms with Crippen LogP contribution in [0.2, 0.25) is 0 Å². The zero-order chi connectivity index (χ0) is 31.3. The summed E-state index contributed by atoms with van der Waals surface area (Å²) in [6.07, 6.45) is 0. The van der Waals surface area contributed by atoms with Crippen molar-refractivity contribution in [3.8, 4) is 22.3 Å². The van der Waals surface area contributed by atoms with Crippen LogP contribution in [0.25, 0.3) is 109 Å². The molecule has 2 aromatic heterocycles. The minimum Gasteiger partial charge on any atom is -0.456 e. The van der Waals surface area contributed by atoms with Crippen molar-refractivity contribution in [2.45, 2.75) is 0 Å². The third-order valence-corrected chi connectivity index (χ3v) is 10.2. The van der Waals surface area contributed by atoms with Crippen molar-refractivity contribution in [1.29, 1.82) is 0 Å². The molecular formula is C46H26O2. The maximum Gasteiger partial charge on any atom is 0.147 e. The van der Waals surface area contributed by atoms with Gasteiger partial charge in [0.15, 0.2) is 0 Å². The topological polar surface area (TPSA) is 26.3 Å². The van der Waals surface area contributed by atoms with Crippen LogP contribution in [0.4, 0.5) is 0 Å². The van der Waals surface area contributed by atoms with E-state index in [1.54, 1.807) is 0 Å². The zero-order valence-electron chi connectivity index (χ0n) is 25.8. The molecule has 2 heterocycles. The first-order chi connectivity index (χ1) is 23.8. The molecule has 0 fully saturated rings. The minimum atomic E-state index is 0.833. The smallest absolute Gasteiger partial charge is 0.147 e. The first-order valence-corrected chi connectivity index (χ1v) is 16.4. The Morgan fingerprint density at radius 1 is 0.292 bits per heavy atom. The molecule has 11 rings (SSSR count). The first kappa shape index (κ1) is 25.8. The molecule has 0 atom stereocenters. The molecule has 0 saturated heterocycles. The normalized spacial score (nSPS) is 12.2. The van der Waals surface area contributed by atoms with Gasteiger partial charge in [-0.3, -0.25) is 0 Å². The Bertz CT molecular complexity index is 3060. The monoisotopic (exact) mass is 610 g/mol. The Labute approximate surface area is 275 Å². The highest BCUT2D eigenvalue weighted by Gasteiger charge is 2.20. The van der Waals surface area contributed by atoms with Crippen LogP contribution in [-0.4, -0.2) is 0 Å². The van der Waals surface area contributed by atoms with Gasteiger partial charge in [0.1, 0.15) is 22.3 Å². The van der Waals surface area contributed by atoms with Gasteiger partial charge in [-0.15, -0.1) is 0 Å². The molecule has 0 aliphatic carbocycles. The first-order valence-electron chi connectivity index (χ1n) is 16.4. The maximum atomic E-state index is 6.60. The molecule has 0 aliphatic rings. The highest BCUT2D eigenvalue weighted by molar-refractivity contribution is 6.27. The van der Waals surface area contributed by atoms with Crippen LogP contribution < -0.4 is 0 Å². The van der Waals surface area contributed by atoms with Crippen molar-refractivity contribution in [3.05, 3.63) is 158 Å². The van der Waals surface area contributed by atoms with Gasteiger partial charge in [0, 0.05) is 16.2 Å². The van der Waals surface area contributed by atoms with E-state index in [4.69, 9.17) is 8.83 Å². The molecule has 0 N–H and O–H groups in total. The van der Waals surface area contributed by atoms with Crippen LogP contribution in [0, 0.1) is 0 Å². The molecule has 0 amide bonds. The number of hydrogen-bond acceptors (Lipinski definition) is 2. The van der Waals surface area contributed by atoms with Gasteiger partial charge in [0.05, 0.1) is 5.39 Å². The van der Waals surface area contributed by atoms with Gasteiger partial charge in [-0.25, -0.2) is 0 Å². The van der Waals surface area contributed by atoms with E-state index < -0.39 is 0 Å². The van der Waals surface area contributed by atoms with E-state index in [1.165, 1.54) is 59.8 Å². The van der Waals surface area contributed by atoms with Crippen molar-refractivity contribution in [2.75, 3.05) is 0 Å². The van der Waals surface area contributed by atoms with E-state index >= 15 is 0 Å². The van der Waals surface area contributed by atoms with Crippen LogP contribution in [0.3, 0.4) is 0 Å². The lowest BCUT2D eigenvalue weighted by atomic mass is 9.85. The Morgan fingerprint density at radius 2 is 0.812 bits per heavy atom. The number of benzene rings is 9. The molecule has 0 spiro atoms. The fourth-order valence-electron chi connectivity index (χ4n) is 8.11. The number of furan rings is 2. The molecule has 11 aromatic rings. The molecule has 0 saturated carbocycles. The summed E-state index contributed by atoms with van der Waals surface area (Å²) >= 11 is 0. The van der Waals surface area contributed by atoms with Crippen LogP contribution in [-0.2, 0) is 0 Å². The number of hydrogen-bond donors (Lipinski definition) is 0. The molecular weight excluding hydrogens is 585 g/mol. The summed E-state index contributed by atoms with van der Waals surface area (Å²) < 4.78 is 13.2. The molecule has 0 radical (unpaired) electrons. The van der Waals surface area contributed by atoms with Crippen molar-refractivity contribution >= 4 is 87.0 Å². The van der Waals surface area contributed by atoms with Crippen molar-refractivity contribution < 1.29 is 8.83 Å². The lowest BCUT2D eigenvalue weighted by molar-refractivity contribution is 0.663. The van der Waals surface area contributed by atoms with E-state index in [0.29, 0.717) is 0 Å². The average molecular weight is 611 g/mol. The number of fused-ring (bicyclic) bond motifs is 12. The largest absolute Gasteiger partial charge is 0.456 e. The molecule has 48 heavy (non-hydrogen) atoms.